The van der Waals surface area contributed by atoms with Crippen LogP contribution in [0.25, 0.3) is 0 Å². The predicted molar refractivity (Wildman–Crippen MR) is 96.2 cm³/mol. The topological polar surface area (TPSA) is 118 Å². The summed E-state index contributed by atoms with van der Waals surface area (Å²) in [6.45, 7) is 5.29. The van der Waals surface area contributed by atoms with Crippen LogP contribution < -0.4 is 15.8 Å². The smallest absolute Gasteiger partial charge is 0.264 e. The van der Waals surface area contributed by atoms with Crippen molar-refractivity contribution in [3.63, 3.8) is 0 Å². The highest BCUT2D eigenvalue weighted by Gasteiger charge is 2.30. The van der Waals surface area contributed by atoms with Gasteiger partial charge in [0.1, 0.15) is 6.04 Å². The van der Waals surface area contributed by atoms with E-state index in [0.29, 0.717) is 18.4 Å². The average molecular weight is 369 g/mol. The maximum Gasteiger partial charge on any atom is 0.264 e. The highest BCUT2D eigenvalue weighted by molar-refractivity contribution is 7.90. The molecule has 7 nitrogen and oxygen atoms in total. The average Bonchev–Trinajstić information content (AvgIpc) is 2.58. The predicted octanol–water partition coefficient (Wildman–Crippen LogP) is 0.934. The molecule has 1 aromatic rings. The number of carbonyl (C=O) groups excluding carboxylic acids is 2. The highest BCUT2D eigenvalue weighted by Crippen LogP contribution is 2.18. The molecule has 0 heterocycles. The maximum absolute atomic E-state index is 12.6. The van der Waals surface area contributed by atoms with Crippen molar-refractivity contribution in [1.29, 1.82) is 0 Å². The fraction of sp³-hybridized carbons (Fsp3) is 0.529. The van der Waals surface area contributed by atoms with E-state index < -0.39 is 27.9 Å². The fourth-order valence-corrected chi connectivity index (χ4v) is 3.70. The quantitative estimate of drug-likeness (QED) is 0.598. The summed E-state index contributed by atoms with van der Waals surface area (Å²) in [5.74, 6) is -1.51. The number of nitrogens with one attached hydrogen (secondary N) is 2. The van der Waals surface area contributed by atoms with Crippen molar-refractivity contribution in [2.75, 3.05) is 6.54 Å². The highest BCUT2D eigenvalue weighted by atomic mass is 32.2. The minimum absolute atomic E-state index is 0.0817. The van der Waals surface area contributed by atoms with Crippen molar-refractivity contribution < 1.29 is 18.0 Å². The van der Waals surface area contributed by atoms with Gasteiger partial charge >= 0.3 is 0 Å². The molecule has 0 aliphatic rings. The van der Waals surface area contributed by atoms with Crippen LogP contribution in [0.15, 0.2) is 29.2 Å². The van der Waals surface area contributed by atoms with Crippen LogP contribution in [-0.2, 0) is 26.0 Å². The molecule has 0 aromatic heterocycles. The number of amides is 2. The molecule has 0 unspecified atom stereocenters. The first kappa shape index (κ1) is 21.1. The molecule has 1 rings (SSSR count). The summed E-state index contributed by atoms with van der Waals surface area (Å²) in [4.78, 5) is 24.1. The molecular formula is C17H27N3O4S. The van der Waals surface area contributed by atoms with Crippen LogP contribution in [0, 0.1) is 5.92 Å². The molecule has 1 aromatic carbocycles. The molecule has 2 atom stereocenters. The number of carbonyl (C=O) groups is 2. The number of sulfonamides is 1. The minimum Gasteiger partial charge on any atom is -0.343 e. The minimum atomic E-state index is -4.02. The molecular weight excluding hydrogens is 342 g/mol. The number of benzene rings is 1. The zero-order valence-corrected chi connectivity index (χ0v) is 15.7. The number of rotatable bonds is 9. The van der Waals surface area contributed by atoms with E-state index in [4.69, 9.17) is 5.73 Å². The molecule has 0 radical (unpaired) electrons. The van der Waals surface area contributed by atoms with Crippen molar-refractivity contribution in [3.8, 4) is 0 Å². The lowest BCUT2D eigenvalue weighted by Crippen LogP contribution is -2.52. The van der Waals surface area contributed by atoms with Gasteiger partial charge in [0.2, 0.25) is 5.91 Å². The first-order valence-electron chi connectivity index (χ1n) is 8.40. The Morgan fingerprint density at radius 1 is 1.20 bits per heavy atom. The van der Waals surface area contributed by atoms with Gasteiger partial charge in [-0.3, -0.25) is 9.59 Å². The summed E-state index contributed by atoms with van der Waals surface area (Å²) in [6.07, 6.45) is 1.96. The maximum atomic E-state index is 12.6. The molecule has 25 heavy (non-hydrogen) atoms. The van der Waals surface area contributed by atoms with Crippen molar-refractivity contribution in [1.82, 2.24) is 10.0 Å². The monoisotopic (exact) mass is 369 g/mol. The summed E-state index contributed by atoms with van der Waals surface area (Å²) in [6, 6.07) is 5.60. The number of nitrogens with two attached hydrogens (primary N) is 1. The Balaban J connectivity index is 3.07. The molecule has 140 valence electrons. The van der Waals surface area contributed by atoms with E-state index >= 15 is 0 Å². The summed E-state index contributed by atoms with van der Waals surface area (Å²) in [5.41, 5.74) is 5.92. The van der Waals surface area contributed by atoms with Crippen molar-refractivity contribution >= 4 is 21.8 Å². The standard InChI is InChI=1S/C17H27N3O4S/c1-4-8-13-9-6-7-10-14(13)25(23,24)20-17(22)16(12(3)5-2)19-15(21)11-18/h6-7,9-10,12,16H,4-5,8,11,18H2,1-3H3,(H,19,21)(H,20,22)/t12-,16-/m0/s1. The van der Waals surface area contributed by atoms with Crippen LogP contribution >= 0.6 is 0 Å². The third kappa shape index (κ3) is 5.82. The van der Waals surface area contributed by atoms with Gasteiger partial charge < -0.3 is 11.1 Å². The summed E-state index contributed by atoms with van der Waals surface area (Å²) in [5, 5.41) is 2.49. The van der Waals surface area contributed by atoms with Gasteiger partial charge in [0.15, 0.2) is 0 Å². The first-order valence-corrected chi connectivity index (χ1v) is 9.89. The van der Waals surface area contributed by atoms with Crippen molar-refractivity contribution in [2.24, 2.45) is 11.7 Å². The van der Waals surface area contributed by atoms with Crippen LogP contribution in [-0.4, -0.2) is 32.8 Å². The van der Waals surface area contributed by atoms with E-state index in [1.165, 1.54) is 6.07 Å². The van der Waals surface area contributed by atoms with Gasteiger partial charge in [-0.15, -0.1) is 0 Å². The molecule has 0 aliphatic heterocycles. The molecule has 0 aliphatic carbocycles. The number of hydrogen-bond donors (Lipinski definition) is 3. The normalized spacial score (nSPS) is 13.8. The van der Waals surface area contributed by atoms with E-state index in [-0.39, 0.29) is 17.4 Å². The van der Waals surface area contributed by atoms with Gasteiger partial charge in [0, 0.05) is 0 Å². The van der Waals surface area contributed by atoms with Gasteiger partial charge in [0.05, 0.1) is 11.4 Å². The van der Waals surface area contributed by atoms with Gasteiger partial charge in [0.25, 0.3) is 15.9 Å². The molecule has 4 N–H and O–H groups in total. The van der Waals surface area contributed by atoms with Gasteiger partial charge in [-0.1, -0.05) is 51.8 Å². The Labute approximate surface area is 149 Å². The van der Waals surface area contributed by atoms with Crippen LogP contribution in [0.3, 0.4) is 0 Å². The van der Waals surface area contributed by atoms with Crippen LogP contribution in [0.1, 0.15) is 39.2 Å². The Kier molecular flexibility index (Phi) is 8.05. The van der Waals surface area contributed by atoms with E-state index in [2.05, 4.69) is 10.0 Å². The molecule has 0 saturated carbocycles. The van der Waals surface area contributed by atoms with E-state index in [9.17, 15) is 18.0 Å². The Morgan fingerprint density at radius 2 is 1.84 bits per heavy atom. The molecule has 0 bridgehead atoms. The molecule has 0 spiro atoms. The van der Waals surface area contributed by atoms with E-state index in [0.717, 1.165) is 6.42 Å². The lowest BCUT2D eigenvalue weighted by molar-refractivity contribution is -0.128. The summed E-state index contributed by atoms with van der Waals surface area (Å²) < 4.78 is 27.4. The molecule has 0 fully saturated rings. The van der Waals surface area contributed by atoms with Crippen molar-refractivity contribution in [3.05, 3.63) is 29.8 Å². The fourth-order valence-electron chi connectivity index (χ4n) is 2.43. The van der Waals surface area contributed by atoms with Crippen molar-refractivity contribution in [2.45, 2.75) is 51.0 Å². The van der Waals surface area contributed by atoms with Gasteiger partial charge in [-0.25, -0.2) is 13.1 Å². The zero-order valence-electron chi connectivity index (χ0n) is 14.9. The zero-order chi connectivity index (χ0) is 19.0. The van der Waals surface area contributed by atoms with Crippen LogP contribution in [0.4, 0.5) is 0 Å². The Hall–Kier alpha value is -1.93. The Morgan fingerprint density at radius 3 is 2.40 bits per heavy atom. The second-order valence-corrected chi connectivity index (χ2v) is 7.61. The third-order valence-corrected chi connectivity index (χ3v) is 5.46. The van der Waals surface area contributed by atoms with E-state index in [1.54, 1.807) is 25.1 Å². The third-order valence-electron chi connectivity index (χ3n) is 4.01. The van der Waals surface area contributed by atoms with Crippen LogP contribution in [0.2, 0.25) is 0 Å². The van der Waals surface area contributed by atoms with Gasteiger partial charge in [-0.2, -0.15) is 0 Å². The molecule has 0 saturated heterocycles. The number of aryl methyl sites for hydroxylation is 1. The Bertz CT molecular complexity index is 704. The second-order valence-electron chi connectivity index (χ2n) is 5.96. The van der Waals surface area contributed by atoms with Crippen LogP contribution in [0.5, 0.6) is 0 Å². The molecule has 2 amide bonds. The lowest BCUT2D eigenvalue weighted by Gasteiger charge is -2.23. The SMILES string of the molecule is CCCc1ccccc1S(=O)(=O)NC(=O)[C@@H](NC(=O)CN)[C@@H](C)CC. The van der Waals surface area contributed by atoms with Gasteiger partial charge in [-0.05, 0) is 24.0 Å². The largest absolute Gasteiger partial charge is 0.343 e. The molecule has 8 heteroatoms. The second kappa shape index (κ2) is 9.53. The summed E-state index contributed by atoms with van der Waals surface area (Å²) in [7, 11) is -4.02. The number of hydrogen-bond acceptors (Lipinski definition) is 5. The first-order chi connectivity index (χ1) is 11.8. The lowest BCUT2D eigenvalue weighted by atomic mass is 9.98. The summed E-state index contributed by atoms with van der Waals surface area (Å²) >= 11 is 0. The van der Waals surface area contributed by atoms with E-state index in [1.807, 2.05) is 13.8 Å².